The first kappa shape index (κ1) is 17.7. The SMILES string of the molecule is CCNC(=NCc1noc(C)n1)NC1CCCC1C#N.I. The van der Waals surface area contributed by atoms with Crippen LogP contribution in [0.3, 0.4) is 0 Å². The molecule has 21 heavy (non-hydrogen) atoms. The third kappa shape index (κ3) is 5.15. The second-order valence-corrected chi connectivity index (χ2v) is 4.84. The van der Waals surface area contributed by atoms with E-state index in [-0.39, 0.29) is 35.9 Å². The molecule has 1 heterocycles. The monoisotopic (exact) mass is 404 g/mol. The number of hydrogen-bond donors (Lipinski definition) is 2. The van der Waals surface area contributed by atoms with Gasteiger partial charge in [-0.1, -0.05) is 5.16 Å². The summed E-state index contributed by atoms with van der Waals surface area (Å²) in [6.07, 6.45) is 3.04. The van der Waals surface area contributed by atoms with Crippen LogP contribution >= 0.6 is 24.0 Å². The number of nitriles is 1. The number of nitrogens with one attached hydrogen (secondary N) is 2. The summed E-state index contributed by atoms with van der Waals surface area (Å²) in [6.45, 7) is 4.88. The molecule has 0 amide bonds. The van der Waals surface area contributed by atoms with Crippen LogP contribution in [-0.4, -0.2) is 28.7 Å². The number of guanidine groups is 1. The van der Waals surface area contributed by atoms with Crippen molar-refractivity contribution in [3.8, 4) is 6.07 Å². The van der Waals surface area contributed by atoms with E-state index in [1.165, 1.54) is 0 Å². The normalized spacial score (nSPS) is 21.5. The predicted molar refractivity (Wildman–Crippen MR) is 89.1 cm³/mol. The van der Waals surface area contributed by atoms with E-state index in [9.17, 15) is 0 Å². The molecule has 0 aromatic carbocycles. The van der Waals surface area contributed by atoms with Crippen molar-refractivity contribution in [2.75, 3.05) is 6.54 Å². The fraction of sp³-hybridized carbons (Fsp3) is 0.692. The number of hydrogen-bond acceptors (Lipinski definition) is 5. The van der Waals surface area contributed by atoms with Crippen LogP contribution in [0.2, 0.25) is 0 Å². The van der Waals surface area contributed by atoms with Gasteiger partial charge in [0.05, 0.1) is 12.0 Å². The molecule has 1 aliphatic carbocycles. The van der Waals surface area contributed by atoms with Gasteiger partial charge in [-0.15, -0.1) is 24.0 Å². The predicted octanol–water partition coefficient (Wildman–Crippen LogP) is 1.74. The zero-order valence-corrected chi connectivity index (χ0v) is 14.6. The van der Waals surface area contributed by atoms with Crippen LogP contribution in [-0.2, 0) is 6.54 Å². The minimum atomic E-state index is 0. The van der Waals surface area contributed by atoms with Gasteiger partial charge in [0.25, 0.3) is 0 Å². The Labute approximate surface area is 141 Å². The van der Waals surface area contributed by atoms with Crippen LogP contribution in [0, 0.1) is 24.2 Å². The van der Waals surface area contributed by atoms with Gasteiger partial charge in [-0.25, -0.2) is 4.99 Å². The summed E-state index contributed by atoms with van der Waals surface area (Å²) in [6, 6.07) is 2.52. The van der Waals surface area contributed by atoms with Gasteiger partial charge in [0.2, 0.25) is 5.89 Å². The topological polar surface area (TPSA) is 99.1 Å². The molecule has 2 N–H and O–H groups in total. The lowest BCUT2D eigenvalue weighted by atomic mass is 10.1. The summed E-state index contributed by atoms with van der Waals surface area (Å²) in [5.41, 5.74) is 0. The van der Waals surface area contributed by atoms with Crippen LogP contribution in [0.5, 0.6) is 0 Å². The molecule has 0 spiro atoms. The van der Waals surface area contributed by atoms with Crippen molar-refractivity contribution in [3.05, 3.63) is 11.7 Å². The first-order valence-corrected chi connectivity index (χ1v) is 6.96. The van der Waals surface area contributed by atoms with Gasteiger partial charge < -0.3 is 15.2 Å². The lowest BCUT2D eigenvalue weighted by Gasteiger charge is -2.19. The molecule has 1 aliphatic rings. The summed E-state index contributed by atoms with van der Waals surface area (Å²) in [5, 5.41) is 19.4. The van der Waals surface area contributed by atoms with Crippen LogP contribution in [0.4, 0.5) is 0 Å². The van der Waals surface area contributed by atoms with E-state index in [4.69, 9.17) is 9.78 Å². The molecule has 1 aromatic heterocycles. The van der Waals surface area contributed by atoms with Gasteiger partial charge in [0.1, 0.15) is 6.54 Å². The van der Waals surface area contributed by atoms with Crippen LogP contribution < -0.4 is 10.6 Å². The van der Waals surface area contributed by atoms with E-state index in [0.29, 0.717) is 24.2 Å². The van der Waals surface area contributed by atoms with Crippen molar-refractivity contribution in [2.24, 2.45) is 10.9 Å². The minimum absolute atomic E-state index is 0. The van der Waals surface area contributed by atoms with Gasteiger partial charge in [-0.3, -0.25) is 0 Å². The number of halogens is 1. The van der Waals surface area contributed by atoms with E-state index in [0.717, 1.165) is 25.8 Å². The Hall–Kier alpha value is -1.37. The maximum atomic E-state index is 9.11. The average Bonchev–Trinajstić information content (AvgIpc) is 3.05. The Kier molecular flexibility index (Phi) is 7.42. The van der Waals surface area contributed by atoms with E-state index >= 15 is 0 Å². The summed E-state index contributed by atoms with van der Waals surface area (Å²) in [7, 11) is 0. The summed E-state index contributed by atoms with van der Waals surface area (Å²) >= 11 is 0. The smallest absolute Gasteiger partial charge is 0.223 e. The number of aromatic nitrogens is 2. The zero-order valence-electron chi connectivity index (χ0n) is 12.3. The molecule has 0 saturated heterocycles. The van der Waals surface area contributed by atoms with E-state index in [1.54, 1.807) is 6.92 Å². The molecule has 7 nitrogen and oxygen atoms in total. The largest absolute Gasteiger partial charge is 0.357 e. The van der Waals surface area contributed by atoms with Gasteiger partial charge in [-0.2, -0.15) is 10.2 Å². The Balaban J connectivity index is 0.00000220. The molecule has 1 aromatic rings. The van der Waals surface area contributed by atoms with Crippen molar-refractivity contribution in [2.45, 2.75) is 45.7 Å². The van der Waals surface area contributed by atoms with Gasteiger partial charge in [0.15, 0.2) is 11.8 Å². The van der Waals surface area contributed by atoms with Gasteiger partial charge >= 0.3 is 0 Å². The molecule has 2 rings (SSSR count). The summed E-state index contributed by atoms with van der Waals surface area (Å²) in [4.78, 5) is 8.54. The van der Waals surface area contributed by atoms with Crippen molar-refractivity contribution in [1.29, 1.82) is 5.26 Å². The maximum Gasteiger partial charge on any atom is 0.223 e. The molecule has 0 bridgehead atoms. The molecule has 8 heteroatoms. The third-order valence-electron chi connectivity index (χ3n) is 3.30. The van der Waals surface area contributed by atoms with Crippen molar-refractivity contribution in [1.82, 2.24) is 20.8 Å². The van der Waals surface area contributed by atoms with Crippen molar-refractivity contribution < 1.29 is 4.52 Å². The van der Waals surface area contributed by atoms with Gasteiger partial charge in [0, 0.05) is 19.5 Å². The molecule has 1 fully saturated rings. The molecule has 2 unspecified atom stereocenters. The Morgan fingerprint density at radius 2 is 2.33 bits per heavy atom. The molecular formula is C13H21IN6O. The Morgan fingerprint density at radius 1 is 1.52 bits per heavy atom. The highest BCUT2D eigenvalue weighted by atomic mass is 127. The number of aliphatic imine (C=N–C) groups is 1. The third-order valence-corrected chi connectivity index (χ3v) is 3.30. The van der Waals surface area contributed by atoms with E-state index in [1.807, 2.05) is 6.92 Å². The second-order valence-electron chi connectivity index (χ2n) is 4.84. The van der Waals surface area contributed by atoms with Crippen LogP contribution in [0.25, 0.3) is 0 Å². The number of rotatable bonds is 4. The molecule has 0 radical (unpaired) electrons. The zero-order chi connectivity index (χ0) is 14.4. The number of nitrogens with zero attached hydrogens (tertiary/aromatic N) is 4. The molecule has 0 aliphatic heterocycles. The standard InChI is InChI=1S/C13H20N6O.HI/c1-3-15-13(16-8-12-17-9(2)20-19-12)18-11-6-4-5-10(11)7-14;/h10-11H,3-6,8H2,1-2H3,(H2,15,16,18);1H. The minimum Gasteiger partial charge on any atom is -0.357 e. The summed E-state index contributed by atoms with van der Waals surface area (Å²) in [5.74, 6) is 1.85. The van der Waals surface area contributed by atoms with E-state index < -0.39 is 0 Å². The Bertz CT molecular complexity index is 509. The number of aryl methyl sites for hydroxylation is 1. The molecule has 2 atom stereocenters. The van der Waals surface area contributed by atoms with E-state index in [2.05, 4.69) is 31.8 Å². The lowest BCUT2D eigenvalue weighted by molar-refractivity contribution is 0.387. The van der Waals surface area contributed by atoms with Crippen LogP contribution in [0.1, 0.15) is 37.9 Å². The Morgan fingerprint density at radius 3 is 2.95 bits per heavy atom. The molecular weight excluding hydrogens is 383 g/mol. The highest BCUT2D eigenvalue weighted by molar-refractivity contribution is 14.0. The highest BCUT2D eigenvalue weighted by Crippen LogP contribution is 2.24. The molecule has 116 valence electrons. The summed E-state index contributed by atoms with van der Waals surface area (Å²) < 4.78 is 4.91. The van der Waals surface area contributed by atoms with Crippen LogP contribution in [0.15, 0.2) is 9.52 Å². The fourth-order valence-electron chi connectivity index (χ4n) is 2.34. The maximum absolute atomic E-state index is 9.11. The van der Waals surface area contributed by atoms with Crippen molar-refractivity contribution in [3.63, 3.8) is 0 Å². The highest BCUT2D eigenvalue weighted by Gasteiger charge is 2.27. The van der Waals surface area contributed by atoms with Gasteiger partial charge in [-0.05, 0) is 26.2 Å². The lowest BCUT2D eigenvalue weighted by Crippen LogP contribution is -2.44. The first-order valence-electron chi connectivity index (χ1n) is 6.96. The second kappa shape index (κ2) is 8.81. The quantitative estimate of drug-likeness (QED) is 0.451. The van der Waals surface area contributed by atoms with Crippen molar-refractivity contribution >= 4 is 29.9 Å². The fourth-order valence-corrected chi connectivity index (χ4v) is 2.34. The average molecular weight is 404 g/mol. The molecule has 1 saturated carbocycles. The first-order chi connectivity index (χ1) is 9.72.